The van der Waals surface area contributed by atoms with Crippen molar-refractivity contribution in [1.82, 2.24) is 4.57 Å². The molecule has 0 fully saturated rings. The fraction of sp³-hybridized carbons (Fsp3) is 0. The summed E-state index contributed by atoms with van der Waals surface area (Å²) in [6.45, 7) is 0. The van der Waals surface area contributed by atoms with E-state index in [4.69, 9.17) is 0 Å². The van der Waals surface area contributed by atoms with Crippen LogP contribution in [0.5, 0.6) is 0 Å². The highest BCUT2D eigenvalue weighted by Crippen LogP contribution is 2.50. The molecule has 0 unspecified atom stereocenters. The van der Waals surface area contributed by atoms with Crippen molar-refractivity contribution >= 4 is 55.1 Å². The Morgan fingerprint density at radius 1 is 0.370 bits per heavy atom. The SMILES string of the molecule is c1ccc(-n2c3ccccc3c3c4ccc(-c5ccccc5-c5ccc6c7c(cccc57)-c5ccccc5S6)cc4ccc32)cc1. The Bertz CT molecular complexity index is 2660. The molecule has 9 aromatic rings. The second-order valence-corrected chi connectivity index (χ2v) is 13.2. The van der Waals surface area contributed by atoms with Gasteiger partial charge >= 0.3 is 0 Å². The molecule has 0 atom stereocenters. The van der Waals surface area contributed by atoms with Crippen LogP contribution in [0.2, 0.25) is 0 Å². The smallest absolute Gasteiger partial charge is 0.0547 e. The van der Waals surface area contributed by atoms with Gasteiger partial charge in [-0.1, -0.05) is 133 Å². The van der Waals surface area contributed by atoms with Gasteiger partial charge in [-0.05, 0) is 92.0 Å². The lowest BCUT2D eigenvalue weighted by atomic mass is 9.88. The summed E-state index contributed by atoms with van der Waals surface area (Å²) < 4.78 is 2.39. The number of aromatic nitrogens is 1. The van der Waals surface area contributed by atoms with E-state index in [1.165, 1.54) is 92.2 Å². The maximum absolute atomic E-state index is 2.39. The summed E-state index contributed by atoms with van der Waals surface area (Å²) in [6.07, 6.45) is 0. The Hall–Kier alpha value is -5.57. The lowest BCUT2D eigenvalue weighted by molar-refractivity contribution is 1.18. The van der Waals surface area contributed by atoms with E-state index in [9.17, 15) is 0 Å². The van der Waals surface area contributed by atoms with Crippen molar-refractivity contribution in [3.63, 3.8) is 0 Å². The van der Waals surface area contributed by atoms with Crippen LogP contribution in [0.15, 0.2) is 174 Å². The van der Waals surface area contributed by atoms with E-state index in [0.29, 0.717) is 0 Å². The minimum Gasteiger partial charge on any atom is -0.309 e. The van der Waals surface area contributed by atoms with E-state index < -0.39 is 0 Å². The molecule has 0 spiro atoms. The summed E-state index contributed by atoms with van der Waals surface area (Å²) in [6, 6.07) is 60.2. The van der Waals surface area contributed by atoms with Gasteiger partial charge in [-0.25, -0.2) is 0 Å². The summed E-state index contributed by atoms with van der Waals surface area (Å²) in [5.41, 5.74) is 11.3. The molecule has 1 aliphatic heterocycles. The first-order chi connectivity index (χ1) is 22.8. The molecule has 1 nitrogen and oxygen atoms in total. The predicted octanol–water partition coefficient (Wildman–Crippen LogP) is 12.6. The first-order valence-corrected chi connectivity index (χ1v) is 16.6. The molecule has 0 saturated heterocycles. The van der Waals surface area contributed by atoms with Crippen LogP contribution in [0.25, 0.3) is 82.4 Å². The molecule has 214 valence electrons. The van der Waals surface area contributed by atoms with Gasteiger partial charge in [0.25, 0.3) is 0 Å². The van der Waals surface area contributed by atoms with E-state index >= 15 is 0 Å². The zero-order chi connectivity index (χ0) is 30.2. The maximum Gasteiger partial charge on any atom is 0.0547 e. The highest BCUT2D eigenvalue weighted by molar-refractivity contribution is 7.99. The normalized spacial score (nSPS) is 12.3. The average Bonchev–Trinajstić information content (AvgIpc) is 3.47. The van der Waals surface area contributed by atoms with Gasteiger partial charge in [0.05, 0.1) is 11.0 Å². The summed E-state index contributed by atoms with van der Waals surface area (Å²) >= 11 is 1.88. The first kappa shape index (κ1) is 25.7. The zero-order valence-corrected chi connectivity index (χ0v) is 25.8. The van der Waals surface area contributed by atoms with Gasteiger partial charge in [-0.2, -0.15) is 0 Å². The number of hydrogen-bond donors (Lipinski definition) is 0. The summed E-state index contributed by atoms with van der Waals surface area (Å²) in [5.74, 6) is 0. The van der Waals surface area contributed by atoms with Crippen LogP contribution in [0.1, 0.15) is 0 Å². The lowest BCUT2D eigenvalue weighted by Crippen LogP contribution is -1.94. The molecule has 2 heteroatoms. The van der Waals surface area contributed by atoms with Gasteiger partial charge in [0.15, 0.2) is 0 Å². The minimum atomic E-state index is 1.18. The van der Waals surface area contributed by atoms with Crippen molar-refractivity contribution in [2.45, 2.75) is 9.79 Å². The first-order valence-electron chi connectivity index (χ1n) is 15.8. The van der Waals surface area contributed by atoms with Gasteiger partial charge in [0.1, 0.15) is 0 Å². The molecule has 0 N–H and O–H groups in total. The Morgan fingerprint density at radius 2 is 1.11 bits per heavy atom. The standard InChI is InChI=1S/C44H27NS/c1-2-11-30(12-3-1)45-39-19-8-6-16-38(39)43-32-23-21-28(27-29(32)22-25-40(43)45)31-13-4-5-14-33(31)34-24-26-42-44-36(34)17-10-18-37(44)35-15-7-9-20-41(35)46-42/h1-27H. The molecule has 8 aromatic carbocycles. The second-order valence-electron chi connectivity index (χ2n) is 12.1. The molecule has 0 radical (unpaired) electrons. The van der Waals surface area contributed by atoms with E-state index in [-0.39, 0.29) is 0 Å². The largest absolute Gasteiger partial charge is 0.309 e. The third kappa shape index (κ3) is 3.71. The van der Waals surface area contributed by atoms with Crippen LogP contribution >= 0.6 is 11.8 Å². The number of rotatable bonds is 3. The Labute approximate surface area is 271 Å². The minimum absolute atomic E-state index is 1.18. The van der Waals surface area contributed by atoms with Gasteiger partial charge in [-0.3, -0.25) is 0 Å². The van der Waals surface area contributed by atoms with Crippen LogP contribution in [-0.2, 0) is 0 Å². The predicted molar refractivity (Wildman–Crippen MR) is 196 cm³/mol. The van der Waals surface area contributed by atoms with Crippen molar-refractivity contribution in [2.75, 3.05) is 0 Å². The van der Waals surface area contributed by atoms with E-state index in [1.54, 1.807) is 0 Å². The topological polar surface area (TPSA) is 4.93 Å². The summed E-state index contributed by atoms with van der Waals surface area (Å²) in [4.78, 5) is 2.66. The van der Waals surface area contributed by atoms with Crippen molar-refractivity contribution in [1.29, 1.82) is 0 Å². The lowest BCUT2D eigenvalue weighted by Gasteiger charge is -2.22. The Balaban J connectivity index is 1.17. The average molecular weight is 602 g/mol. The Morgan fingerprint density at radius 3 is 2.02 bits per heavy atom. The van der Waals surface area contributed by atoms with E-state index in [0.717, 1.165) is 0 Å². The summed E-state index contributed by atoms with van der Waals surface area (Å²) in [5, 5.41) is 7.78. The molecular weight excluding hydrogens is 575 g/mol. The highest BCUT2D eigenvalue weighted by Gasteiger charge is 2.21. The molecular formula is C44H27NS. The number of hydrogen-bond acceptors (Lipinski definition) is 1. The van der Waals surface area contributed by atoms with E-state index in [1.807, 2.05) is 11.8 Å². The van der Waals surface area contributed by atoms with Crippen LogP contribution in [0.4, 0.5) is 0 Å². The fourth-order valence-corrected chi connectivity index (χ4v) is 8.73. The van der Waals surface area contributed by atoms with E-state index in [2.05, 4.69) is 168 Å². The molecule has 0 amide bonds. The number of fused-ring (bicyclic) bond motifs is 7. The third-order valence-electron chi connectivity index (χ3n) is 9.60. The van der Waals surface area contributed by atoms with Crippen molar-refractivity contribution < 1.29 is 0 Å². The van der Waals surface area contributed by atoms with Gasteiger partial charge in [0.2, 0.25) is 0 Å². The third-order valence-corrected chi connectivity index (χ3v) is 10.7. The van der Waals surface area contributed by atoms with Gasteiger partial charge in [0, 0.05) is 31.6 Å². The Kier molecular flexibility index (Phi) is 5.58. The molecule has 0 aliphatic carbocycles. The molecule has 0 saturated carbocycles. The number of benzene rings is 8. The quantitative estimate of drug-likeness (QED) is 0.195. The van der Waals surface area contributed by atoms with Crippen molar-refractivity contribution in [3.8, 4) is 39.1 Å². The molecule has 1 aromatic heterocycles. The maximum atomic E-state index is 2.39. The van der Waals surface area contributed by atoms with Gasteiger partial charge < -0.3 is 4.57 Å². The summed E-state index contributed by atoms with van der Waals surface area (Å²) in [7, 11) is 0. The van der Waals surface area contributed by atoms with Crippen LogP contribution < -0.4 is 0 Å². The van der Waals surface area contributed by atoms with Crippen LogP contribution in [-0.4, -0.2) is 4.57 Å². The fourth-order valence-electron chi connectivity index (χ4n) is 7.61. The number of nitrogens with zero attached hydrogens (tertiary/aromatic N) is 1. The number of para-hydroxylation sites is 2. The van der Waals surface area contributed by atoms with Crippen molar-refractivity contribution in [2.24, 2.45) is 0 Å². The molecule has 2 heterocycles. The van der Waals surface area contributed by atoms with Gasteiger partial charge in [-0.15, -0.1) is 0 Å². The van der Waals surface area contributed by atoms with Crippen LogP contribution in [0, 0.1) is 0 Å². The van der Waals surface area contributed by atoms with Crippen LogP contribution in [0.3, 0.4) is 0 Å². The highest BCUT2D eigenvalue weighted by atomic mass is 32.2. The monoisotopic (exact) mass is 601 g/mol. The molecule has 0 bridgehead atoms. The van der Waals surface area contributed by atoms with Crippen molar-refractivity contribution in [3.05, 3.63) is 164 Å². The second kappa shape index (κ2) is 9.97. The molecule has 10 rings (SSSR count). The zero-order valence-electron chi connectivity index (χ0n) is 24.9. The molecule has 46 heavy (non-hydrogen) atoms. The molecule has 1 aliphatic rings.